The minimum Gasteiger partial charge on any atom is -0.494 e. The maximum atomic E-state index is 13.7. The van der Waals surface area contributed by atoms with Crippen molar-refractivity contribution in [3.63, 3.8) is 0 Å². The molecule has 1 fully saturated rings. The van der Waals surface area contributed by atoms with Crippen molar-refractivity contribution in [2.75, 3.05) is 32.8 Å². The third-order valence-electron chi connectivity index (χ3n) is 6.02. The predicted molar refractivity (Wildman–Crippen MR) is 129 cm³/mol. The molecule has 3 aromatic carbocycles. The maximum absolute atomic E-state index is 13.7. The van der Waals surface area contributed by atoms with Crippen LogP contribution in [0.2, 0.25) is 0 Å². The second kappa shape index (κ2) is 10.8. The highest BCUT2D eigenvalue weighted by molar-refractivity contribution is 5.94. The highest BCUT2D eigenvalue weighted by Crippen LogP contribution is 2.27. The molecule has 5 heteroatoms. The quantitative estimate of drug-likeness (QED) is 0.561. The van der Waals surface area contributed by atoms with E-state index in [0.29, 0.717) is 38.3 Å². The topological polar surface area (TPSA) is 49.9 Å². The Morgan fingerprint density at radius 1 is 0.758 bits per heavy atom. The third-order valence-corrected chi connectivity index (χ3v) is 6.02. The van der Waals surface area contributed by atoms with E-state index in [9.17, 15) is 9.59 Å². The van der Waals surface area contributed by atoms with Crippen LogP contribution in [-0.4, -0.2) is 54.4 Å². The number of nitrogens with zero attached hydrogens (tertiary/aromatic N) is 2. The summed E-state index contributed by atoms with van der Waals surface area (Å²) in [5.74, 6) is 0.494. The van der Waals surface area contributed by atoms with Gasteiger partial charge in [0.1, 0.15) is 5.75 Å². The highest BCUT2D eigenvalue weighted by Gasteiger charge is 2.29. The lowest BCUT2D eigenvalue weighted by molar-refractivity contribution is -0.131. The van der Waals surface area contributed by atoms with Crippen molar-refractivity contribution in [3.8, 4) is 5.75 Å². The number of carbonyl (C=O) groups excluding carboxylic acids is 2. The summed E-state index contributed by atoms with van der Waals surface area (Å²) < 4.78 is 5.47. The monoisotopic (exact) mass is 442 g/mol. The van der Waals surface area contributed by atoms with Gasteiger partial charge in [0.25, 0.3) is 5.91 Å². The van der Waals surface area contributed by atoms with Gasteiger partial charge >= 0.3 is 0 Å². The fourth-order valence-corrected chi connectivity index (χ4v) is 4.34. The zero-order valence-electron chi connectivity index (χ0n) is 19.0. The lowest BCUT2D eigenvalue weighted by Crippen LogP contribution is -2.39. The second-order valence-corrected chi connectivity index (χ2v) is 8.18. The maximum Gasteiger partial charge on any atom is 0.253 e. The number of ether oxygens (including phenoxy) is 1. The van der Waals surface area contributed by atoms with Gasteiger partial charge in [0, 0.05) is 31.7 Å². The van der Waals surface area contributed by atoms with Crippen LogP contribution in [0.3, 0.4) is 0 Å². The van der Waals surface area contributed by atoms with E-state index in [1.54, 1.807) is 0 Å². The molecule has 1 aliphatic heterocycles. The molecule has 33 heavy (non-hydrogen) atoms. The van der Waals surface area contributed by atoms with E-state index in [-0.39, 0.29) is 17.7 Å². The van der Waals surface area contributed by atoms with E-state index in [4.69, 9.17) is 4.74 Å². The van der Waals surface area contributed by atoms with Crippen LogP contribution in [-0.2, 0) is 4.79 Å². The second-order valence-electron chi connectivity index (χ2n) is 8.18. The molecule has 0 radical (unpaired) electrons. The SMILES string of the molecule is CCOc1ccc(C(=O)N2CCCN(C(=O)C(c3ccccc3)c3ccccc3)CC2)cc1. The standard InChI is InChI=1S/C28H30N2O3/c1-2-33-25-16-14-24(15-17-25)27(31)29-18-9-19-30(21-20-29)28(32)26(22-10-5-3-6-11-22)23-12-7-4-8-13-23/h3-8,10-17,26H,2,9,18-21H2,1H3. The number of benzene rings is 3. The van der Waals surface area contributed by atoms with Crippen molar-refractivity contribution in [2.24, 2.45) is 0 Å². The van der Waals surface area contributed by atoms with Crippen molar-refractivity contribution in [1.82, 2.24) is 9.80 Å². The Morgan fingerprint density at radius 3 is 1.88 bits per heavy atom. The van der Waals surface area contributed by atoms with Crippen molar-refractivity contribution in [2.45, 2.75) is 19.3 Å². The Labute approximate surface area is 195 Å². The van der Waals surface area contributed by atoms with E-state index in [0.717, 1.165) is 23.3 Å². The molecule has 1 heterocycles. The van der Waals surface area contributed by atoms with E-state index < -0.39 is 0 Å². The summed E-state index contributed by atoms with van der Waals surface area (Å²) in [7, 11) is 0. The summed E-state index contributed by atoms with van der Waals surface area (Å²) in [6, 6.07) is 27.1. The van der Waals surface area contributed by atoms with Gasteiger partial charge in [-0.3, -0.25) is 9.59 Å². The molecular weight excluding hydrogens is 412 g/mol. The Balaban J connectivity index is 1.48. The first-order chi connectivity index (χ1) is 16.2. The van der Waals surface area contributed by atoms with Crippen LogP contribution in [0.1, 0.15) is 40.7 Å². The van der Waals surface area contributed by atoms with Gasteiger partial charge in [-0.05, 0) is 48.7 Å². The van der Waals surface area contributed by atoms with Crippen LogP contribution < -0.4 is 4.74 Å². The van der Waals surface area contributed by atoms with Gasteiger partial charge in [0.2, 0.25) is 5.91 Å². The average Bonchev–Trinajstić information content (AvgIpc) is 3.12. The fraction of sp³-hybridized carbons (Fsp3) is 0.286. The van der Waals surface area contributed by atoms with Crippen LogP contribution in [0.4, 0.5) is 0 Å². The van der Waals surface area contributed by atoms with Crippen LogP contribution in [0.15, 0.2) is 84.9 Å². The van der Waals surface area contributed by atoms with E-state index in [1.165, 1.54) is 0 Å². The minimum atomic E-state index is -0.347. The van der Waals surface area contributed by atoms with Gasteiger partial charge in [0.15, 0.2) is 0 Å². The van der Waals surface area contributed by atoms with Crippen LogP contribution in [0, 0.1) is 0 Å². The Kier molecular flexibility index (Phi) is 7.40. The van der Waals surface area contributed by atoms with Crippen molar-refractivity contribution >= 4 is 11.8 Å². The Morgan fingerprint density at radius 2 is 1.30 bits per heavy atom. The van der Waals surface area contributed by atoms with E-state index >= 15 is 0 Å². The summed E-state index contributed by atoms with van der Waals surface area (Å²) in [4.78, 5) is 30.5. The lowest BCUT2D eigenvalue weighted by Gasteiger charge is -2.27. The Bertz CT molecular complexity index is 1010. The molecule has 0 aromatic heterocycles. The van der Waals surface area contributed by atoms with Gasteiger partial charge in [-0.25, -0.2) is 0 Å². The molecule has 0 N–H and O–H groups in total. The van der Waals surface area contributed by atoms with E-state index in [1.807, 2.05) is 102 Å². The van der Waals surface area contributed by atoms with Crippen molar-refractivity contribution in [3.05, 3.63) is 102 Å². The third kappa shape index (κ3) is 5.43. The first-order valence-corrected chi connectivity index (χ1v) is 11.6. The summed E-state index contributed by atoms with van der Waals surface area (Å²) in [5, 5.41) is 0. The molecule has 1 aliphatic rings. The van der Waals surface area contributed by atoms with E-state index in [2.05, 4.69) is 0 Å². The van der Waals surface area contributed by atoms with Crippen LogP contribution in [0.25, 0.3) is 0 Å². The smallest absolute Gasteiger partial charge is 0.253 e. The molecule has 0 saturated carbocycles. The highest BCUT2D eigenvalue weighted by atomic mass is 16.5. The molecule has 0 unspecified atom stereocenters. The zero-order chi connectivity index (χ0) is 23.0. The molecule has 1 saturated heterocycles. The molecule has 0 spiro atoms. The fourth-order valence-electron chi connectivity index (χ4n) is 4.34. The normalized spacial score (nSPS) is 14.1. The van der Waals surface area contributed by atoms with Crippen LogP contribution in [0.5, 0.6) is 5.75 Å². The van der Waals surface area contributed by atoms with Gasteiger partial charge in [-0.15, -0.1) is 0 Å². The summed E-state index contributed by atoms with van der Waals surface area (Å²) >= 11 is 0. The zero-order valence-corrected chi connectivity index (χ0v) is 19.0. The van der Waals surface area contributed by atoms with Gasteiger partial charge in [-0.1, -0.05) is 60.7 Å². The largest absolute Gasteiger partial charge is 0.494 e. The Hall–Kier alpha value is -3.60. The molecule has 0 atom stereocenters. The van der Waals surface area contributed by atoms with Gasteiger partial charge in [0.05, 0.1) is 12.5 Å². The lowest BCUT2D eigenvalue weighted by atomic mass is 9.90. The minimum absolute atomic E-state index is 0.00461. The number of amides is 2. The van der Waals surface area contributed by atoms with Gasteiger partial charge < -0.3 is 14.5 Å². The summed E-state index contributed by atoms with van der Waals surface area (Å²) in [6.07, 6.45) is 0.755. The number of carbonyl (C=O) groups is 2. The van der Waals surface area contributed by atoms with Crippen LogP contribution >= 0.6 is 0 Å². The molecule has 3 aromatic rings. The van der Waals surface area contributed by atoms with Crippen molar-refractivity contribution in [1.29, 1.82) is 0 Å². The number of rotatable bonds is 6. The summed E-state index contributed by atoms with van der Waals surface area (Å²) in [5.41, 5.74) is 2.62. The number of hydrogen-bond donors (Lipinski definition) is 0. The molecule has 5 nitrogen and oxygen atoms in total. The first-order valence-electron chi connectivity index (χ1n) is 11.6. The predicted octanol–water partition coefficient (Wildman–Crippen LogP) is 4.59. The molecular formula is C28H30N2O3. The van der Waals surface area contributed by atoms with Crippen molar-refractivity contribution < 1.29 is 14.3 Å². The first kappa shape index (κ1) is 22.6. The molecule has 0 bridgehead atoms. The molecule has 2 amide bonds. The molecule has 0 aliphatic carbocycles. The number of hydrogen-bond acceptors (Lipinski definition) is 3. The van der Waals surface area contributed by atoms with Gasteiger partial charge in [-0.2, -0.15) is 0 Å². The molecule has 170 valence electrons. The average molecular weight is 443 g/mol. The summed E-state index contributed by atoms with van der Waals surface area (Å²) in [6.45, 7) is 4.85. The molecule has 4 rings (SSSR count).